The van der Waals surface area contributed by atoms with Crippen molar-refractivity contribution in [1.29, 1.82) is 0 Å². The van der Waals surface area contributed by atoms with Gasteiger partial charge in [0.2, 0.25) is 5.91 Å². The SMILES string of the molecule is O=C1CSc2c(N=Cc3cccc(OCc4ncc5ccccc5n4)c3)cccc2N1. The Morgan fingerprint density at radius 3 is 2.97 bits per heavy atom. The Balaban J connectivity index is 1.30. The number of hydrogen-bond acceptors (Lipinski definition) is 6. The zero-order chi connectivity index (χ0) is 21.0. The van der Waals surface area contributed by atoms with Crippen molar-refractivity contribution >= 4 is 46.2 Å². The summed E-state index contributed by atoms with van der Waals surface area (Å²) >= 11 is 1.50. The number of aromatic nitrogens is 2. The van der Waals surface area contributed by atoms with E-state index in [1.807, 2.05) is 72.9 Å². The van der Waals surface area contributed by atoms with Crippen LogP contribution in [-0.4, -0.2) is 27.8 Å². The fourth-order valence-corrected chi connectivity index (χ4v) is 4.15. The number of ether oxygens (including phenoxy) is 1. The lowest BCUT2D eigenvalue weighted by atomic mass is 10.2. The van der Waals surface area contributed by atoms with E-state index < -0.39 is 0 Å². The van der Waals surface area contributed by atoms with Crippen LogP contribution in [-0.2, 0) is 11.4 Å². The van der Waals surface area contributed by atoms with Gasteiger partial charge in [0.05, 0.1) is 27.5 Å². The van der Waals surface area contributed by atoms with Crippen LogP contribution in [0.5, 0.6) is 5.75 Å². The maximum atomic E-state index is 11.6. The van der Waals surface area contributed by atoms with Gasteiger partial charge in [0.15, 0.2) is 5.82 Å². The Labute approximate surface area is 183 Å². The van der Waals surface area contributed by atoms with E-state index >= 15 is 0 Å². The number of nitrogens with one attached hydrogen (secondary N) is 1. The second-order valence-electron chi connectivity index (χ2n) is 6.96. The van der Waals surface area contributed by atoms with E-state index in [9.17, 15) is 4.79 Å². The van der Waals surface area contributed by atoms with Gasteiger partial charge in [0.1, 0.15) is 12.4 Å². The van der Waals surface area contributed by atoms with E-state index in [0.29, 0.717) is 11.6 Å². The molecule has 0 saturated carbocycles. The van der Waals surface area contributed by atoms with E-state index in [-0.39, 0.29) is 12.5 Å². The minimum absolute atomic E-state index is 0.0128. The maximum absolute atomic E-state index is 11.6. The number of carbonyl (C=O) groups excluding carboxylic acids is 1. The molecule has 0 saturated heterocycles. The molecule has 6 nitrogen and oxygen atoms in total. The first-order valence-electron chi connectivity index (χ1n) is 9.78. The van der Waals surface area contributed by atoms with Crippen LogP contribution in [0.15, 0.2) is 82.8 Å². The third-order valence-corrected chi connectivity index (χ3v) is 5.86. The molecule has 1 aliphatic heterocycles. The van der Waals surface area contributed by atoms with Gasteiger partial charge in [-0.25, -0.2) is 9.97 Å². The molecule has 0 radical (unpaired) electrons. The van der Waals surface area contributed by atoms with Crippen molar-refractivity contribution in [3.05, 3.63) is 84.3 Å². The summed E-state index contributed by atoms with van der Waals surface area (Å²) in [6.07, 6.45) is 3.61. The minimum atomic E-state index is 0.0128. The zero-order valence-electron chi connectivity index (χ0n) is 16.5. The summed E-state index contributed by atoms with van der Waals surface area (Å²) in [7, 11) is 0. The Bertz CT molecular complexity index is 1310. The summed E-state index contributed by atoms with van der Waals surface area (Å²) in [5, 5.41) is 3.89. The monoisotopic (exact) mass is 426 g/mol. The summed E-state index contributed by atoms with van der Waals surface area (Å²) in [4.78, 5) is 26.1. The highest BCUT2D eigenvalue weighted by molar-refractivity contribution is 8.00. The highest BCUT2D eigenvalue weighted by atomic mass is 32.2. The predicted molar refractivity (Wildman–Crippen MR) is 123 cm³/mol. The van der Waals surface area contributed by atoms with E-state index in [0.717, 1.165) is 38.5 Å². The molecular formula is C24H18N4O2S. The smallest absolute Gasteiger partial charge is 0.234 e. The van der Waals surface area contributed by atoms with Crippen molar-refractivity contribution in [3.63, 3.8) is 0 Å². The molecule has 1 N–H and O–H groups in total. The van der Waals surface area contributed by atoms with Gasteiger partial charge in [-0.15, -0.1) is 11.8 Å². The summed E-state index contributed by atoms with van der Waals surface area (Å²) in [5.41, 5.74) is 3.46. The number of benzene rings is 3. The molecule has 31 heavy (non-hydrogen) atoms. The third-order valence-electron chi connectivity index (χ3n) is 4.73. The molecule has 7 heteroatoms. The number of fused-ring (bicyclic) bond motifs is 2. The minimum Gasteiger partial charge on any atom is -0.486 e. The molecule has 1 aliphatic rings. The molecule has 0 fully saturated rings. The van der Waals surface area contributed by atoms with Crippen LogP contribution in [0.1, 0.15) is 11.4 Å². The number of hydrogen-bond donors (Lipinski definition) is 1. The summed E-state index contributed by atoms with van der Waals surface area (Å²) in [6, 6.07) is 21.3. The Hall–Kier alpha value is -3.71. The largest absolute Gasteiger partial charge is 0.486 e. The van der Waals surface area contributed by atoms with E-state index in [2.05, 4.69) is 20.3 Å². The lowest BCUT2D eigenvalue weighted by Crippen LogP contribution is -2.18. The van der Waals surface area contributed by atoms with Crippen molar-refractivity contribution in [2.75, 3.05) is 11.1 Å². The highest BCUT2D eigenvalue weighted by Gasteiger charge is 2.17. The molecule has 0 atom stereocenters. The van der Waals surface area contributed by atoms with Crippen molar-refractivity contribution in [1.82, 2.24) is 9.97 Å². The predicted octanol–water partition coefficient (Wildman–Crippen LogP) is 5.00. The maximum Gasteiger partial charge on any atom is 0.234 e. The van der Waals surface area contributed by atoms with Gasteiger partial charge >= 0.3 is 0 Å². The molecule has 0 unspecified atom stereocenters. The van der Waals surface area contributed by atoms with Crippen LogP contribution in [0.4, 0.5) is 11.4 Å². The Morgan fingerprint density at radius 1 is 1.10 bits per heavy atom. The topological polar surface area (TPSA) is 76.5 Å². The second-order valence-corrected chi connectivity index (χ2v) is 7.94. The number of rotatable bonds is 5. The Kier molecular flexibility index (Phi) is 5.33. The first kappa shape index (κ1) is 19.3. The summed E-state index contributed by atoms with van der Waals surface area (Å²) in [5.74, 6) is 1.77. The van der Waals surface area contributed by atoms with Gasteiger partial charge in [-0.2, -0.15) is 0 Å². The molecule has 0 aliphatic carbocycles. The number of carbonyl (C=O) groups is 1. The molecule has 1 amide bonds. The van der Waals surface area contributed by atoms with Gasteiger partial charge < -0.3 is 10.1 Å². The molecule has 0 bridgehead atoms. The summed E-state index contributed by atoms with van der Waals surface area (Å²) in [6.45, 7) is 0.286. The second kappa shape index (κ2) is 8.57. The van der Waals surface area contributed by atoms with E-state index in [1.54, 1.807) is 6.21 Å². The lowest BCUT2D eigenvalue weighted by Gasteiger charge is -2.17. The van der Waals surface area contributed by atoms with Crippen LogP contribution in [0, 0.1) is 0 Å². The van der Waals surface area contributed by atoms with Gasteiger partial charge in [0, 0.05) is 17.8 Å². The molecular weight excluding hydrogens is 408 g/mol. The normalized spacial score (nSPS) is 13.2. The van der Waals surface area contributed by atoms with Crippen LogP contribution < -0.4 is 10.1 Å². The molecule has 5 rings (SSSR count). The quantitative estimate of drug-likeness (QED) is 0.454. The van der Waals surface area contributed by atoms with Crippen molar-refractivity contribution < 1.29 is 9.53 Å². The van der Waals surface area contributed by atoms with E-state index in [4.69, 9.17) is 4.74 Å². The molecule has 0 spiro atoms. The molecule has 3 aromatic carbocycles. The number of amides is 1. The first-order valence-corrected chi connectivity index (χ1v) is 10.8. The first-order chi connectivity index (χ1) is 15.2. The van der Waals surface area contributed by atoms with Gasteiger partial charge in [-0.3, -0.25) is 9.79 Å². The highest BCUT2D eigenvalue weighted by Crippen LogP contribution is 2.39. The number of para-hydroxylation sites is 1. The number of thioether (sulfide) groups is 1. The van der Waals surface area contributed by atoms with E-state index in [1.165, 1.54) is 11.8 Å². The van der Waals surface area contributed by atoms with Crippen molar-refractivity contribution in [2.24, 2.45) is 4.99 Å². The van der Waals surface area contributed by atoms with Crippen LogP contribution in [0.25, 0.3) is 10.9 Å². The molecule has 2 heterocycles. The standard InChI is InChI=1S/C24H18N4O2S/c29-23-15-31-24-20(9-4-10-21(24)28-23)25-12-16-5-3-7-18(11-16)30-14-22-26-13-17-6-1-2-8-19(17)27-22/h1-13H,14-15H2,(H,28,29). The molecule has 1 aromatic heterocycles. The lowest BCUT2D eigenvalue weighted by molar-refractivity contribution is -0.113. The molecule has 152 valence electrons. The van der Waals surface area contributed by atoms with Crippen molar-refractivity contribution in [2.45, 2.75) is 11.5 Å². The van der Waals surface area contributed by atoms with Gasteiger partial charge in [0.25, 0.3) is 0 Å². The average Bonchev–Trinajstić information content (AvgIpc) is 2.81. The zero-order valence-corrected chi connectivity index (χ0v) is 17.3. The van der Waals surface area contributed by atoms with Gasteiger partial charge in [-0.05, 0) is 35.9 Å². The average molecular weight is 427 g/mol. The number of anilines is 1. The van der Waals surface area contributed by atoms with Crippen LogP contribution in [0.3, 0.4) is 0 Å². The van der Waals surface area contributed by atoms with Gasteiger partial charge in [-0.1, -0.05) is 36.4 Å². The number of nitrogens with zero attached hydrogens (tertiary/aromatic N) is 3. The fraction of sp³-hybridized carbons (Fsp3) is 0.0833. The Morgan fingerprint density at radius 2 is 2.00 bits per heavy atom. The summed E-state index contributed by atoms with van der Waals surface area (Å²) < 4.78 is 5.90. The van der Waals surface area contributed by atoms with Crippen LogP contribution >= 0.6 is 11.8 Å². The fourth-order valence-electron chi connectivity index (χ4n) is 3.26. The third kappa shape index (κ3) is 4.41. The molecule has 4 aromatic rings. The van der Waals surface area contributed by atoms with Crippen molar-refractivity contribution in [3.8, 4) is 5.75 Å². The number of aliphatic imine (C=N–C) groups is 1. The van der Waals surface area contributed by atoms with Crippen LogP contribution in [0.2, 0.25) is 0 Å².